The Labute approximate surface area is 272 Å². The van der Waals surface area contributed by atoms with E-state index in [1.807, 2.05) is 6.92 Å². The number of hydrogen-bond donors (Lipinski definition) is 6. The standard InChI is InChI=1S/C36H56O10/c1-31(2)13-15-36(30(43)44)16-14-34(5)19(20(36)17-31)7-8-22-32(3)11-10-23(33(4,18-37)21(32)9-12-35(22,34)6)45-29-26(40)24(38)25(39)27(46-29)28(41)42/h7,20-27,29,37-40H,8-18H2,1-6H3,(H,41,42)(H,43,44)/t20?,21?,22?,23-,24-,25-,26+,27-,29+,32-,33?,34+,35+,36-/m0/s1. The zero-order chi connectivity index (χ0) is 33.8. The van der Waals surface area contributed by atoms with Crippen molar-refractivity contribution in [2.75, 3.05) is 6.61 Å². The van der Waals surface area contributed by atoms with Gasteiger partial charge in [-0.05, 0) is 104 Å². The van der Waals surface area contributed by atoms with Crippen LogP contribution in [-0.4, -0.2) is 86.0 Å². The Kier molecular flexibility index (Phi) is 8.18. The first-order chi connectivity index (χ1) is 21.3. The monoisotopic (exact) mass is 648 g/mol. The number of carboxylic acid groups (broad SMARTS) is 2. The van der Waals surface area contributed by atoms with Crippen LogP contribution in [0.3, 0.4) is 0 Å². The Bertz CT molecular complexity index is 1280. The third-order valence-electron chi connectivity index (χ3n) is 15.3. The number of hydrogen-bond acceptors (Lipinski definition) is 8. The Morgan fingerprint density at radius 1 is 0.870 bits per heavy atom. The second kappa shape index (κ2) is 11.0. The molecule has 10 heteroatoms. The molecule has 6 rings (SSSR count). The molecular formula is C36H56O10. The smallest absolute Gasteiger partial charge is 0.335 e. The third kappa shape index (κ3) is 4.56. The Hall–Kier alpha value is -1.56. The van der Waals surface area contributed by atoms with E-state index in [9.17, 15) is 40.2 Å². The molecular weight excluding hydrogens is 592 g/mol. The van der Waals surface area contributed by atoms with Crippen molar-refractivity contribution in [2.24, 2.45) is 50.2 Å². The molecule has 0 amide bonds. The van der Waals surface area contributed by atoms with Gasteiger partial charge in [-0.3, -0.25) is 4.79 Å². The molecule has 1 aliphatic heterocycles. The Morgan fingerprint density at radius 2 is 1.54 bits per heavy atom. The predicted molar refractivity (Wildman–Crippen MR) is 167 cm³/mol. The van der Waals surface area contributed by atoms with Gasteiger partial charge in [-0.2, -0.15) is 0 Å². The van der Waals surface area contributed by atoms with E-state index in [2.05, 4.69) is 40.7 Å². The van der Waals surface area contributed by atoms with Gasteiger partial charge in [-0.1, -0.05) is 53.2 Å². The fourth-order valence-corrected chi connectivity index (χ4v) is 12.2. The molecule has 10 nitrogen and oxygen atoms in total. The van der Waals surface area contributed by atoms with Crippen molar-refractivity contribution in [2.45, 2.75) is 143 Å². The lowest BCUT2D eigenvalue weighted by Crippen LogP contribution is -2.67. The maximum absolute atomic E-state index is 12.9. The van der Waals surface area contributed by atoms with Crippen LogP contribution in [0.1, 0.15) is 106 Å². The number of aliphatic carboxylic acids is 2. The molecule has 0 aromatic rings. The van der Waals surface area contributed by atoms with Gasteiger partial charge in [0.25, 0.3) is 0 Å². The van der Waals surface area contributed by atoms with Gasteiger partial charge in [0.2, 0.25) is 0 Å². The molecule has 14 atom stereocenters. The van der Waals surface area contributed by atoms with Crippen LogP contribution in [0.5, 0.6) is 0 Å². The fraction of sp³-hybridized carbons (Fsp3) is 0.889. The highest BCUT2D eigenvalue weighted by molar-refractivity contribution is 5.76. The van der Waals surface area contributed by atoms with Gasteiger partial charge in [0, 0.05) is 5.41 Å². The van der Waals surface area contributed by atoms with Crippen LogP contribution in [-0.2, 0) is 19.1 Å². The lowest BCUT2D eigenvalue weighted by molar-refractivity contribution is -0.327. The first kappa shape index (κ1) is 34.3. The first-order valence-electron chi connectivity index (χ1n) is 17.4. The first-order valence-corrected chi connectivity index (χ1v) is 17.4. The van der Waals surface area contributed by atoms with Crippen LogP contribution < -0.4 is 0 Å². The van der Waals surface area contributed by atoms with Gasteiger partial charge in [-0.25, -0.2) is 4.79 Å². The maximum Gasteiger partial charge on any atom is 0.335 e. The molecule has 6 aliphatic rings. The molecule has 5 fully saturated rings. The minimum atomic E-state index is -1.80. The van der Waals surface area contributed by atoms with E-state index in [1.54, 1.807) is 0 Å². The summed E-state index contributed by atoms with van der Waals surface area (Å²) in [6, 6.07) is 0. The molecule has 0 spiro atoms. The van der Waals surface area contributed by atoms with Gasteiger partial charge in [0.15, 0.2) is 12.4 Å². The van der Waals surface area contributed by atoms with Crippen LogP contribution in [0, 0.1) is 50.2 Å². The quantitative estimate of drug-likeness (QED) is 0.188. The third-order valence-corrected chi connectivity index (χ3v) is 15.3. The summed E-state index contributed by atoms with van der Waals surface area (Å²) in [5.41, 5.74) is -0.309. The van der Waals surface area contributed by atoms with Crippen molar-refractivity contribution >= 4 is 11.9 Å². The van der Waals surface area contributed by atoms with Crippen molar-refractivity contribution < 1.29 is 49.7 Å². The number of carbonyl (C=O) groups is 2. The summed E-state index contributed by atoms with van der Waals surface area (Å²) in [4.78, 5) is 24.7. The summed E-state index contributed by atoms with van der Waals surface area (Å²) in [5, 5.41) is 62.4. The van der Waals surface area contributed by atoms with E-state index in [-0.39, 0.29) is 40.1 Å². The molecule has 0 bridgehead atoms. The number of allylic oxidation sites excluding steroid dienone is 2. The number of rotatable bonds is 5. The van der Waals surface area contributed by atoms with Crippen LogP contribution in [0.2, 0.25) is 0 Å². The zero-order valence-electron chi connectivity index (χ0n) is 28.4. The molecule has 46 heavy (non-hydrogen) atoms. The molecule has 1 heterocycles. The number of aliphatic hydroxyl groups excluding tert-OH is 4. The normalized spacial score (nSPS) is 53.1. The highest BCUT2D eigenvalue weighted by Crippen LogP contribution is 2.76. The van der Waals surface area contributed by atoms with Gasteiger partial charge in [-0.15, -0.1) is 0 Å². The molecule has 0 aromatic carbocycles. The molecule has 4 unspecified atom stereocenters. The molecule has 5 aliphatic carbocycles. The van der Waals surface area contributed by atoms with Crippen molar-refractivity contribution in [1.82, 2.24) is 0 Å². The van der Waals surface area contributed by atoms with Crippen molar-refractivity contribution in [1.29, 1.82) is 0 Å². The Morgan fingerprint density at radius 3 is 2.17 bits per heavy atom. The van der Waals surface area contributed by atoms with Crippen LogP contribution >= 0.6 is 0 Å². The predicted octanol–water partition coefficient (Wildman–Crippen LogP) is 4.12. The summed E-state index contributed by atoms with van der Waals surface area (Å²) in [6.45, 7) is 13.6. The average Bonchev–Trinajstić information content (AvgIpc) is 2.98. The highest BCUT2D eigenvalue weighted by atomic mass is 16.7. The highest BCUT2D eigenvalue weighted by Gasteiger charge is 2.70. The molecule has 0 radical (unpaired) electrons. The van der Waals surface area contributed by atoms with Gasteiger partial charge in [0.05, 0.1) is 18.1 Å². The van der Waals surface area contributed by atoms with E-state index in [0.29, 0.717) is 18.8 Å². The number of fused-ring (bicyclic) bond motifs is 7. The molecule has 4 saturated carbocycles. The zero-order valence-corrected chi connectivity index (χ0v) is 28.4. The fourth-order valence-electron chi connectivity index (χ4n) is 12.2. The number of ether oxygens (including phenoxy) is 2. The number of carboxylic acids is 2. The van der Waals surface area contributed by atoms with Crippen LogP contribution in [0.25, 0.3) is 0 Å². The van der Waals surface area contributed by atoms with Crippen molar-refractivity contribution in [3.63, 3.8) is 0 Å². The maximum atomic E-state index is 12.9. The lowest BCUT2D eigenvalue weighted by Gasteiger charge is -2.71. The summed E-state index contributed by atoms with van der Waals surface area (Å²) < 4.78 is 11.8. The van der Waals surface area contributed by atoms with E-state index in [1.165, 1.54) is 5.57 Å². The van der Waals surface area contributed by atoms with Crippen molar-refractivity contribution in [3.8, 4) is 0 Å². The molecule has 0 aromatic heterocycles. The second-order valence-corrected chi connectivity index (χ2v) is 17.7. The number of aliphatic hydroxyl groups is 4. The largest absolute Gasteiger partial charge is 0.481 e. The van der Waals surface area contributed by atoms with E-state index < -0.39 is 59.6 Å². The van der Waals surface area contributed by atoms with Gasteiger partial charge < -0.3 is 40.1 Å². The molecule has 260 valence electrons. The van der Waals surface area contributed by atoms with Crippen LogP contribution in [0.15, 0.2) is 11.6 Å². The average molecular weight is 649 g/mol. The Balaban J connectivity index is 1.31. The summed E-state index contributed by atoms with van der Waals surface area (Å²) >= 11 is 0. The summed E-state index contributed by atoms with van der Waals surface area (Å²) in [7, 11) is 0. The van der Waals surface area contributed by atoms with Gasteiger partial charge in [0.1, 0.15) is 18.3 Å². The summed E-state index contributed by atoms with van der Waals surface area (Å²) in [5.74, 6) is -1.70. The van der Waals surface area contributed by atoms with Crippen molar-refractivity contribution in [3.05, 3.63) is 11.6 Å². The minimum absolute atomic E-state index is 0.0352. The lowest BCUT2D eigenvalue weighted by atomic mass is 9.33. The topological polar surface area (TPSA) is 174 Å². The second-order valence-electron chi connectivity index (χ2n) is 17.7. The molecule has 1 saturated heterocycles. The molecule has 6 N–H and O–H groups in total. The van der Waals surface area contributed by atoms with E-state index in [0.717, 1.165) is 51.4 Å². The van der Waals surface area contributed by atoms with Gasteiger partial charge >= 0.3 is 11.9 Å². The minimum Gasteiger partial charge on any atom is -0.481 e. The van der Waals surface area contributed by atoms with Crippen LogP contribution in [0.4, 0.5) is 0 Å². The summed E-state index contributed by atoms with van der Waals surface area (Å²) in [6.07, 6.45) is 1.53. The van der Waals surface area contributed by atoms with E-state index in [4.69, 9.17) is 9.47 Å². The van der Waals surface area contributed by atoms with E-state index >= 15 is 0 Å². The SMILES string of the molecule is CC1(C)CC[C@]2(C(=O)O)CC[C@]3(C)C(=CCC4[C@@]5(C)CC[C@H](O[C@@H]6O[C@H](C(=O)O)[C@@H](O)[C@H](O)[C@H]6O)C(C)(CO)C5CC[C@]43C)C2C1.